The number of aliphatic carboxylic acids is 1. The van der Waals surface area contributed by atoms with Gasteiger partial charge in [-0.1, -0.05) is 6.42 Å². The van der Waals surface area contributed by atoms with E-state index in [1.807, 2.05) is 0 Å². The lowest BCUT2D eigenvalue weighted by Gasteiger charge is -2.31. The molecule has 0 radical (unpaired) electrons. The fourth-order valence-electron chi connectivity index (χ4n) is 1.59. The summed E-state index contributed by atoms with van der Waals surface area (Å²) in [4.78, 5) is 11.5. The molecule has 1 fully saturated rings. The standard InChI is InChI=1S/C9H15F2NO2/c1-12(5-7-3-2-4-7)6-9(10,11)8(13)14/h7H,2-6H2,1H3,(H,13,14). The molecule has 0 heterocycles. The Bertz CT molecular complexity index is 217. The van der Waals surface area contributed by atoms with E-state index in [4.69, 9.17) is 5.11 Å². The van der Waals surface area contributed by atoms with Crippen LogP contribution in [0.15, 0.2) is 0 Å². The van der Waals surface area contributed by atoms with Crippen LogP contribution in [0.3, 0.4) is 0 Å². The first-order valence-electron chi connectivity index (χ1n) is 4.71. The van der Waals surface area contributed by atoms with E-state index in [0.717, 1.165) is 19.3 Å². The van der Waals surface area contributed by atoms with E-state index in [-0.39, 0.29) is 0 Å². The highest BCUT2D eigenvalue weighted by Crippen LogP contribution is 2.27. The number of nitrogens with zero attached hydrogens (tertiary/aromatic N) is 1. The molecule has 0 bridgehead atoms. The number of carboxylic acid groups (broad SMARTS) is 1. The summed E-state index contributed by atoms with van der Waals surface area (Å²) < 4.78 is 25.5. The van der Waals surface area contributed by atoms with Gasteiger partial charge in [0.05, 0.1) is 6.54 Å². The van der Waals surface area contributed by atoms with E-state index in [1.165, 1.54) is 11.9 Å². The molecule has 0 atom stereocenters. The summed E-state index contributed by atoms with van der Waals surface area (Å²) in [5.41, 5.74) is 0. The Morgan fingerprint density at radius 1 is 1.57 bits per heavy atom. The van der Waals surface area contributed by atoms with Crippen LogP contribution in [-0.4, -0.2) is 42.0 Å². The van der Waals surface area contributed by atoms with E-state index in [2.05, 4.69) is 0 Å². The van der Waals surface area contributed by atoms with Crippen LogP contribution in [0.1, 0.15) is 19.3 Å². The molecule has 14 heavy (non-hydrogen) atoms. The lowest BCUT2D eigenvalue weighted by Crippen LogP contribution is -2.43. The number of carboxylic acids is 1. The highest BCUT2D eigenvalue weighted by molar-refractivity contribution is 5.75. The van der Waals surface area contributed by atoms with Gasteiger partial charge in [0, 0.05) is 6.54 Å². The van der Waals surface area contributed by atoms with Crippen molar-refractivity contribution in [3.63, 3.8) is 0 Å². The number of rotatable bonds is 5. The van der Waals surface area contributed by atoms with Gasteiger partial charge in [0.1, 0.15) is 0 Å². The summed E-state index contributed by atoms with van der Waals surface area (Å²) >= 11 is 0. The summed E-state index contributed by atoms with van der Waals surface area (Å²) in [5.74, 6) is -5.19. The molecule has 3 nitrogen and oxygen atoms in total. The second kappa shape index (κ2) is 4.21. The van der Waals surface area contributed by atoms with Gasteiger partial charge in [-0.2, -0.15) is 8.78 Å². The highest BCUT2D eigenvalue weighted by Gasteiger charge is 2.40. The predicted octanol–water partition coefficient (Wildman–Crippen LogP) is 1.44. The van der Waals surface area contributed by atoms with E-state index in [1.54, 1.807) is 0 Å². The first kappa shape index (κ1) is 11.4. The molecule has 0 aromatic carbocycles. The Morgan fingerprint density at radius 3 is 2.50 bits per heavy atom. The summed E-state index contributed by atoms with van der Waals surface area (Å²) in [6, 6.07) is 0. The van der Waals surface area contributed by atoms with Crippen LogP contribution in [0.5, 0.6) is 0 Å². The van der Waals surface area contributed by atoms with Crippen LogP contribution in [0.25, 0.3) is 0 Å². The van der Waals surface area contributed by atoms with Gasteiger partial charge in [0.15, 0.2) is 0 Å². The molecular weight excluding hydrogens is 192 g/mol. The molecule has 1 aliphatic rings. The monoisotopic (exact) mass is 207 g/mol. The first-order chi connectivity index (χ1) is 6.42. The van der Waals surface area contributed by atoms with Crippen molar-refractivity contribution >= 4 is 5.97 Å². The van der Waals surface area contributed by atoms with Crippen molar-refractivity contribution in [1.29, 1.82) is 0 Å². The Morgan fingerprint density at radius 2 is 2.14 bits per heavy atom. The molecule has 0 unspecified atom stereocenters. The Hall–Kier alpha value is -0.710. The van der Waals surface area contributed by atoms with Crippen molar-refractivity contribution in [3.05, 3.63) is 0 Å². The lowest BCUT2D eigenvalue weighted by atomic mass is 9.85. The summed E-state index contributed by atoms with van der Waals surface area (Å²) in [7, 11) is 1.54. The van der Waals surface area contributed by atoms with Crippen molar-refractivity contribution in [1.82, 2.24) is 4.90 Å². The second-order valence-corrected chi connectivity index (χ2v) is 4.00. The normalized spacial score (nSPS) is 18.3. The molecule has 82 valence electrons. The SMILES string of the molecule is CN(CC1CCC1)CC(F)(F)C(=O)O. The molecule has 5 heteroatoms. The van der Waals surface area contributed by atoms with Gasteiger partial charge >= 0.3 is 11.9 Å². The molecule has 0 saturated heterocycles. The minimum absolute atomic E-state index is 0.476. The molecule has 0 aromatic heterocycles. The maximum Gasteiger partial charge on any atom is 0.375 e. The zero-order valence-corrected chi connectivity index (χ0v) is 8.17. The largest absolute Gasteiger partial charge is 0.477 e. The van der Waals surface area contributed by atoms with Gasteiger partial charge in [-0.25, -0.2) is 4.79 Å². The minimum Gasteiger partial charge on any atom is -0.477 e. The number of hydrogen-bond donors (Lipinski definition) is 1. The lowest BCUT2D eigenvalue weighted by molar-refractivity contribution is -0.167. The van der Waals surface area contributed by atoms with Gasteiger partial charge in [-0.05, 0) is 25.8 Å². The zero-order valence-electron chi connectivity index (χ0n) is 8.17. The van der Waals surface area contributed by atoms with Gasteiger partial charge in [-0.3, -0.25) is 4.90 Å². The maximum absolute atomic E-state index is 12.7. The van der Waals surface area contributed by atoms with Gasteiger partial charge < -0.3 is 5.11 Å². The third kappa shape index (κ3) is 2.90. The molecule has 1 rings (SSSR count). The number of alkyl halides is 2. The van der Waals surface area contributed by atoms with Crippen LogP contribution in [0.4, 0.5) is 8.78 Å². The highest BCUT2D eigenvalue weighted by atomic mass is 19.3. The van der Waals surface area contributed by atoms with Crippen LogP contribution < -0.4 is 0 Å². The van der Waals surface area contributed by atoms with E-state index in [9.17, 15) is 13.6 Å². The number of hydrogen-bond acceptors (Lipinski definition) is 2. The van der Waals surface area contributed by atoms with Crippen LogP contribution in [0, 0.1) is 5.92 Å². The van der Waals surface area contributed by atoms with Gasteiger partial charge in [-0.15, -0.1) is 0 Å². The fourth-order valence-corrected chi connectivity index (χ4v) is 1.59. The van der Waals surface area contributed by atoms with Crippen LogP contribution in [-0.2, 0) is 4.79 Å². The predicted molar refractivity (Wildman–Crippen MR) is 47.4 cm³/mol. The molecule has 0 spiro atoms. The summed E-state index contributed by atoms with van der Waals surface area (Å²) in [5, 5.41) is 8.22. The van der Waals surface area contributed by atoms with Crippen molar-refractivity contribution in [2.45, 2.75) is 25.2 Å². The minimum atomic E-state index is -3.63. The summed E-state index contributed by atoms with van der Waals surface area (Å²) in [6.45, 7) is -0.123. The second-order valence-electron chi connectivity index (χ2n) is 4.00. The molecule has 1 N–H and O–H groups in total. The average Bonchev–Trinajstić information content (AvgIpc) is 1.96. The third-order valence-corrected chi connectivity index (χ3v) is 2.58. The zero-order chi connectivity index (χ0) is 10.8. The maximum atomic E-state index is 12.7. The van der Waals surface area contributed by atoms with E-state index in [0.29, 0.717) is 12.5 Å². The molecule has 1 aliphatic carbocycles. The van der Waals surface area contributed by atoms with Crippen molar-refractivity contribution in [3.8, 4) is 0 Å². The fraction of sp³-hybridized carbons (Fsp3) is 0.889. The smallest absolute Gasteiger partial charge is 0.375 e. The Labute approximate surface area is 81.7 Å². The topological polar surface area (TPSA) is 40.5 Å². The average molecular weight is 207 g/mol. The quantitative estimate of drug-likeness (QED) is 0.741. The molecular formula is C9H15F2NO2. The van der Waals surface area contributed by atoms with Crippen molar-refractivity contribution in [2.24, 2.45) is 5.92 Å². The van der Waals surface area contributed by atoms with Gasteiger partial charge in [0.25, 0.3) is 0 Å². The number of carbonyl (C=O) groups is 1. The van der Waals surface area contributed by atoms with Crippen molar-refractivity contribution in [2.75, 3.05) is 20.1 Å². The number of halogens is 2. The van der Waals surface area contributed by atoms with Gasteiger partial charge in [0.2, 0.25) is 0 Å². The van der Waals surface area contributed by atoms with Crippen molar-refractivity contribution < 1.29 is 18.7 Å². The molecule has 0 aromatic rings. The summed E-state index contributed by atoms with van der Waals surface area (Å²) in [6.07, 6.45) is 3.31. The first-order valence-corrected chi connectivity index (χ1v) is 4.71. The Balaban J connectivity index is 2.30. The molecule has 0 aliphatic heterocycles. The Kier molecular flexibility index (Phi) is 3.42. The van der Waals surface area contributed by atoms with Crippen LogP contribution >= 0.6 is 0 Å². The van der Waals surface area contributed by atoms with E-state index < -0.39 is 18.4 Å². The molecule has 0 amide bonds. The third-order valence-electron chi connectivity index (χ3n) is 2.58. The van der Waals surface area contributed by atoms with E-state index >= 15 is 0 Å². The molecule has 1 saturated carbocycles. The van der Waals surface area contributed by atoms with Crippen LogP contribution in [0.2, 0.25) is 0 Å².